The smallest absolute Gasteiger partial charge is 0.418 e. The van der Waals surface area contributed by atoms with Gasteiger partial charge in [0.2, 0.25) is 17.7 Å². The number of ether oxygens (including phenoxy) is 4. The van der Waals surface area contributed by atoms with E-state index < -0.39 is 70.1 Å². The zero-order valence-electron chi connectivity index (χ0n) is 47.6. The molecule has 3 amide bonds. The van der Waals surface area contributed by atoms with Gasteiger partial charge in [0.15, 0.2) is 5.82 Å². The molecule has 25 heteroatoms. The second-order valence-corrected chi connectivity index (χ2v) is 24.3. The van der Waals surface area contributed by atoms with Crippen LogP contribution in [0.25, 0.3) is 32.6 Å². The number of piperazine rings is 1. The first-order chi connectivity index (χ1) is 39.5. The van der Waals surface area contributed by atoms with Crippen molar-refractivity contribution >= 4 is 63.2 Å². The average Bonchev–Trinajstić information content (AvgIpc) is 2.47. The number of hydrogen-bond donors (Lipinski definition) is 5. The molecule has 450 valence electrons. The maximum Gasteiger partial charge on any atom is 0.418 e. The maximum atomic E-state index is 16.9. The van der Waals surface area contributed by atoms with Gasteiger partial charge in [0.05, 0.1) is 76.5 Å². The van der Waals surface area contributed by atoms with Gasteiger partial charge in [0.25, 0.3) is 0 Å². The number of nitrogen functional groups attached to an aromatic ring is 1. The van der Waals surface area contributed by atoms with Gasteiger partial charge in [-0.2, -0.15) is 23.1 Å². The number of nitrogens with two attached hydrogens (primary N) is 1. The Balaban J connectivity index is 0.703. The number of amides is 3. The van der Waals surface area contributed by atoms with E-state index in [0.29, 0.717) is 45.3 Å². The molecule has 7 atom stereocenters. The average molecular weight is 1200 g/mol. The summed E-state index contributed by atoms with van der Waals surface area (Å²) in [6, 6.07) is 8.30. The van der Waals surface area contributed by atoms with E-state index in [1.54, 1.807) is 16.8 Å². The summed E-state index contributed by atoms with van der Waals surface area (Å²) >= 11 is 8.24. The molecule has 2 bridgehead atoms. The third-order valence-electron chi connectivity index (χ3n) is 15.8. The Morgan fingerprint density at radius 3 is 2.31 bits per heavy atom. The van der Waals surface area contributed by atoms with Crippen LogP contribution in [0.3, 0.4) is 0 Å². The van der Waals surface area contributed by atoms with Crippen molar-refractivity contribution in [3.05, 3.63) is 75.1 Å². The lowest BCUT2D eigenvalue weighted by molar-refractivity contribution is -0.144. The Morgan fingerprint density at radius 1 is 0.940 bits per heavy atom. The minimum absolute atomic E-state index is 0.00782. The molecule has 0 saturated carbocycles. The standard InChI is InChI=1S/C58H74ClF4N11O8S/c1-32-23-44(64)68-50(47(32)58(61,62)63)46-42(59)25-41-49(48(46)60)70-56(71-53(41)73-26-37-14-15-38(27-73)67-37)82-29-39-9-7-16-72(39)17-8-18-79-19-20-80-21-22-81-30-45(76)69-52(57(4,5)6)55(78)74-28-40(75)24-43(74)54(77)66-33(2)35-10-12-36(13-11-35)51-34(3)65-31-83-51/h10-13,23,25,31,33,37-40,43,52,67,75H,7-9,14-22,24,26-30H2,1-6H3,(H2,64,68)(H,66,77)(H,69,76)/t33-,37?,38?,39-,40+,43-,52+/m0/s1. The van der Waals surface area contributed by atoms with Crippen LogP contribution in [0.2, 0.25) is 5.02 Å². The first kappa shape index (κ1) is 61.7. The van der Waals surface area contributed by atoms with Crippen molar-refractivity contribution in [3.63, 3.8) is 0 Å². The van der Waals surface area contributed by atoms with Crippen LogP contribution < -0.4 is 31.3 Å². The number of aliphatic hydroxyl groups excluding tert-OH is 1. The normalized spacial score (nSPS) is 21.0. The number of alkyl halides is 3. The molecule has 2 unspecified atom stereocenters. The number of rotatable bonds is 23. The summed E-state index contributed by atoms with van der Waals surface area (Å²) in [6.07, 6.45) is -1.33. The number of nitrogens with zero attached hydrogens (tertiary/aromatic N) is 7. The Hall–Kier alpha value is -5.86. The number of pyridine rings is 1. The fraction of sp³-hybridized carbons (Fsp3) is 0.569. The van der Waals surface area contributed by atoms with Crippen molar-refractivity contribution in [1.29, 1.82) is 0 Å². The van der Waals surface area contributed by atoms with Crippen molar-refractivity contribution in [3.8, 4) is 27.7 Å². The molecule has 5 aromatic rings. The number of β-amino-alcohol motifs (C(OH)–C–C–N with tert-alkyl or cyclic N) is 1. The van der Waals surface area contributed by atoms with Gasteiger partial charge >= 0.3 is 12.2 Å². The van der Waals surface area contributed by atoms with Gasteiger partial charge in [0.1, 0.15) is 42.4 Å². The Morgan fingerprint density at radius 2 is 1.64 bits per heavy atom. The van der Waals surface area contributed by atoms with Crippen LogP contribution >= 0.6 is 22.9 Å². The number of carbonyl (C=O) groups is 3. The molecular formula is C58H74ClF4N11O8S. The van der Waals surface area contributed by atoms with Crippen molar-refractivity contribution in [2.45, 2.75) is 129 Å². The molecule has 0 spiro atoms. The number of likely N-dealkylation sites (tertiary alicyclic amines) is 2. The molecule has 2 aromatic carbocycles. The summed E-state index contributed by atoms with van der Waals surface area (Å²) in [6.45, 7) is 14.4. The summed E-state index contributed by atoms with van der Waals surface area (Å²) in [4.78, 5) is 65.2. The minimum atomic E-state index is -4.88. The maximum absolute atomic E-state index is 16.9. The van der Waals surface area contributed by atoms with Gasteiger partial charge < -0.3 is 55.5 Å². The molecule has 9 rings (SSSR count). The SMILES string of the molecule is Cc1cc(N)nc(-c2c(Cl)cc3c(N4CC5CCC(C4)N5)nc(OC[C@@H]4CCCN4CCCOCCOCCOCC(=O)N[C@H](C(=O)N4C[C@H](O)C[C@H]4C(=O)N[C@@H](C)c4ccc(-c5scnc5C)cc4)C(C)(C)C)nc3c2F)c1C(F)(F)F. The molecule has 7 heterocycles. The van der Waals surface area contributed by atoms with E-state index in [2.05, 4.69) is 35.8 Å². The van der Waals surface area contributed by atoms with E-state index in [9.17, 15) is 32.7 Å². The quantitative estimate of drug-likeness (QED) is 0.0316. The molecule has 4 fully saturated rings. The fourth-order valence-electron chi connectivity index (χ4n) is 11.6. The monoisotopic (exact) mass is 1200 g/mol. The van der Waals surface area contributed by atoms with Gasteiger partial charge in [-0.3, -0.25) is 19.3 Å². The highest BCUT2D eigenvalue weighted by Crippen LogP contribution is 2.45. The minimum Gasteiger partial charge on any atom is -0.462 e. The Bertz CT molecular complexity index is 3100. The van der Waals surface area contributed by atoms with Gasteiger partial charge in [-0.25, -0.2) is 14.4 Å². The van der Waals surface area contributed by atoms with Crippen LogP contribution in [0.4, 0.5) is 29.2 Å². The lowest BCUT2D eigenvalue weighted by Crippen LogP contribution is -2.58. The molecule has 3 aromatic heterocycles. The van der Waals surface area contributed by atoms with Crippen LogP contribution in [0.5, 0.6) is 6.01 Å². The van der Waals surface area contributed by atoms with Crippen LogP contribution in [0.1, 0.15) is 94.6 Å². The van der Waals surface area contributed by atoms with Crippen LogP contribution in [-0.4, -0.2) is 168 Å². The van der Waals surface area contributed by atoms with Crippen LogP contribution in [-0.2, 0) is 34.8 Å². The predicted molar refractivity (Wildman–Crippen MR) is 308 cm³/mol. The van der Waals surface area contributed by atoms with Crippen molar-refractivity contribution < 1.29 is 56.0 Å². The van der Waals surface area contributed by atoms with E-state index in [4.69, 9.17) is 41.3 Å². The van der Waals surface area contributed by atoms with Gasteiger partial charge in [-0.15, -0.1) is 11.3 Å². The summed E-state index contributed by atoms with van der Waals surface area (Å²) < 4.78 is 83.7. The van der Waals surface area contributed by atoms with E-state index in [1.807, 2.05) is 63.8 Å². The summed E-state index contributed by atoms with van der Waals surface area (Å²) in [5, 5.41) is 20.0. The molecule has 0 aliphatic carbocycles. The Kier molecular flexibility index (Phi) is 19.8. The molecular weight excluding hydrogens is 1120 g/mol. The van der Waals surface area contributed by atoms with E-state index in [1.165, 1.54) is 17.9 Å². The van der Waals surface area contributed by atoms with Crippen LogP contribution in [0.15, 0.2) is 41.9 Å². The second kappa shape index (κ2) is 26.6. The molecule has 4 aliphatic heterocycles. The van der Waals surface area contributed by atoms with E-state index in [-0.39, 0.29) is 96.9 Å². The predicted octanol–water partition coefficient (Wildman–Crippen LogP) is 7.42. The number of benzene rings is 2. The summed E-state index contributed by atoms with van der Waals surface area (Å²) in [5.41, 5.74) is 6.94. The number of carbonyl (C=O) groups excluding carboxylic acids is 3. The van der Waals surface area contributed by atoms with E-state index >= 15 is 4.39 Å². The first-order valence-corrected chi connectivity index (χ1v) is 29.5. The molecule has 4 aliphatic rings. The van der Waals surface area contributed by atoms with E-state index in [0.717, 1.165) is 66.4 Å². The topological polar surface area (TPSA) is 232 Å². The molecule has 19 nitrogen and oxygen atoms in total. The summed E-state index contributed by atoms with van der Waals surface area (Å²) in [7, 11) is 0. The number of aromatic nitrogens is 4. The number of thiazole rings is 1. The highest BCUT2D eigenvalue weighted by atomic mass is 35.5. The van der Waals surface area contributed by atoms with Gasteiger partial charge in [-0.1, -0.05) is 56.6 Å². The third-order valence-corrected chi connectivity index (χ3v) is 17.1. The van der Waals surface area contributed by atoms with Crippen LogP contribution in [0, 0.1) is 25.1 Å². The highest BCUT2D eigenvalue weighted by Gasteiger charge is 2.45. The lowest BCUT2D eigenvalue weighted by Gasteiger charge is -2.35. The zero-order valence-corrected chi connectivity index (χ0v) is 49.2. The first-order valence-electron chi connectivity index (χ1n) is 28.3. The second-order valence-electron chi connectivity index (χ2n) is 23.1. The van der Waals surface area contributed by atoms with Crippen molar-refractivity contribution in [2.75, 3.05) is 89.6 Å². The zero-order chi connectivity index (χ0) is 59.3. The lowest BCUT2D eigenvalue weighted by atomic mass is 9.85. The number of fused-ring (bicyclic) bond motifs is 3. The number of halogens is 5. The van der Waals surface area contributed by atoms with Crippen molar-refractivity contribution in [1.82, 2.24) is 45.7 Å². The Labute approximate surface area is 489 Å². The largest absolute Gasteiger partial charge is 0.462 e. The number of aliphatic hydroxyl groups is 1. The number of hydrogen-bond acceptors (Lipinski definition) is 17. The molecule has 6 N–H and O–H groups in total. The fourth-order valence-corrected chi connectivity index (χ4v) is 12.7. The van der Waals surface area contributed by atoms with Crippen molar-refractivity contribution in [2.24, 2.45) is 5.41 Å². The summed E-state index contributed by atoms with van der Waals surface area (Å²) in [5.74, 6) is -2.30. The molecule has 83 heavy (non-hydrogen) atoms. The third kappa shape index (κ3) is 14.8. The van der Waals surface area contributed by atoms with Gasteiger partial charge in [0, 0.05) is 62.7 Å². The number of aryl methyl sites for hydroxylation is 2. The highest BCUT2D eigenvalue weighted by molar-refractivity contribution is 7.13. The molecule has 0 radical (unpaired) electrons. The number of nitrogens with one attached hydrogen (secondary N) is 3. The number of anilines is 2. The molecule has 4 saturated heterocycles. The van der Waals surface area contributed by atoms with Gasteiger partial charge in [-0.05, 0) is 93.7 Å².